The van der Waals surface area contributed by atoms with Gasteiger partial charge in [0.25, 0.3) is 0 Å². The quantitative estimate of drug-likeness (QED) is 0.572. The second kappa shape index (κ2) is 8.42. The van der Waals surface area contributed by atoms with Crippen molar-refractivity contribution in [3.63, 3.8) is 0 Å². The minimum atomic E-state index is -0.274. The van der Waals surface area contributed by atoms with Gasteiger partial charge in [0.2, 0.25) is 0 Å². The summed E-state index contributed by atoms with van der Waals surface area (Å²) in [6, 6.07) is 0. The maximum atomic E-state index is 13.3. The molecular weight excluding hydrogens is 384 g/mol. The zero-order valence-electron chi connectivity index (χ0n) is 20.9. The van der Waals surface area contributed by atoms with Gasteiger partial charge in [-0.2, -0.15) is 0 Å². The van der Waals surface area contributed by atoms with Gasteiger partial charge < -0.3 is 10.2 Å². The molecule has 4 aliphatic carbocycles. The summed E-state index contributed by atoms with van der Waals surface area (Å²) in [5.41, 5.74) is 0.423. The number of ketones is 1. The van der Waals surface area contributed by atoms with Crippen LogP contribution in [0, 0.1) is 58.2 Å². The molecule has 0 aromatic heterocycles. The third-order valence-electron chi connectivity index (χ3n) is 11.5. The molecule has 4 rings (SSSR count). The average molecular weight is 433 g/mol. The Labute approximate surface area is 190 Å². The van der Waals surface area contributed by atoms with Crippen LogP contribution in [0.25, 0.3) is 0 Å². The number of fused-ring (bicyclic) bond motifs is 5. The molecule has 4 saturated carbocycles. The zero-order valence-corrected chi connectivity index (χ0v) is 20.9. The van der Waals surface area contributed by atoms with Crippen LogP contribution < -0.4 is 0 Å². The number of carbonyl (C=O) groups is 1. The summed E-state index contributed by atoms with van der Waals surface area (Å²) in [5.74, 6) is 4.46. The van der Waals surface area contributed by atoms with Crippen LogP contribution in [0.4, 0.5) is 0 Å². The van der Waals surface area contributed by atoms with Gasteiger partial charge in [-0.1, -0.05) is 41.5 Å². The van der Waals surface area contributed by atoms with E-state index in [0.29, 0.717) is 59.0 Å². The summed E-state index contributed by atoms with van der Waals surface area (Å²) in [6.07, 6.45) is 8.84. The molecule has 3 heteroatoms. The Hall–Kier alpha value is -0.410. The molecule has 0 radical (unpaired) electrons. The third-order valence-corrected chi connectivity index (χ3v) is 11.5. The number of hydrogen-bond donors (Lipinski definition) is 2. The van der Waals surface area contributed by atoms with Gasteiger partial charge in [-0.25, -0.2) is 0 Å². The summed E-state index contributed by atoms with van der Waals surface area (Å²) in [4.78, 5) is 13.3. The summed E-state index contributed by atoms with van der Waals surface area (Å²) in [5, 5.41) is 21.1. The third kappa shape index (κ3) is 3.84. The van der Waals surface area contributed by atoms with Crippen LogP contribution in [0.3, 0.4) is 0 Å². The lowest BCUT2D eigenvalue weighted by Gasteiger charge is -2.60. The second-order valence-electron chi connectivity index (χ2n) is 13.1. The monoisotopic (exact) mass is 432 g/mol. The van der Waals surface area contributed by atoms with Crippen molar-refractivity contribution in [2.24, 2.45) is 58.2 Å². The number of hydrogen-bond acceptors (Lipinski definition) is 3. The molecule has 0 heterocycles. The van der Waals surface area contributed by atoms with Gasteiger partial charge in [-0.05, 0) is 104 Å². The first-order valence-corrected chi connectivity index (χ1v) is 13.4. The van der Waals surface area contributed by atoms with Crippen molar-refractivity contribution in [1.82, 2.24) is 0 Å². The standard InChI is InChI=1S/C28H48O3/c1-16(2)18(4)25(30)13-17(3)21-7-8-22-20-15-26(31)24-14-19(29)9-11-28(24,6)23(20)10-12-27(21,22)5/h16-25,29-30H,7-15H2,1-6H3/t17-,18-,19+,20+,21-,22+,23+,24-,25+,27-,28-/m1/s1. The topological polar surface area (TPSA) is 57.5 Å². The first-order chi connectivity index (χ1) is 14.5. The summed E-state index contributed by atoms with van der Waals surface area (Å²) in [7, 11) is 0. The maximum Gasteiger partial charge on any atom is 0.136 e. The summed E-state index contributed by atoms with van der Waals surface area (Å²) >= 11 is 0. The highest BCUT2D eigenvalue weighted by Crippen LogP contribution is 2.67. The maximum absolute atomic E-state index is 13.3. The molecule has 31 heavy (non-hydrogen) atoms. The minimum absolute atomic E-state index is 0.0886. The van der Waals surface area contributed by atoms with Crippen molar-refractivity contribution >= 4 is 5.78 Å². The van der Waals surface area contributed by atoms with Crippen LogP contribution in [0.2, 0.25) is 0 Å². The molecule has 0 spiro atoms. The van der Waals surface area contributed by atoms with Crippen LogP contribution >= 0.6 is 0 Å². The Morgan fingerprint density at radius 3 is 2.29 bits per heavy atom. The minimum Gasteiger partial charge on any atom is -0.393 e. The lowest BCUT2D eigenvalue weighted by Crippen LogP contribution is -2.57. The molecule has 0 aromatic carbocycles. The first-order valence-electron chi connectivity index (χ1n) is 13.4. The SMILES string of the molecule is CC(C)[C@@H](C)[C@@H](O)C[C@@H](C)[C@H]1CC[C@H]2[C@@H]3CC(=O)[C@H]4C[C@@H](O)CC[C@]4(C)[C@H]3CC[C@]12C. The lowest BCUT2D eigenvalue weighted by molar-refractivity contribution is -0.160. The largest absolute Gasteiger partial charge is 0.393 e. The van der Waals surface area contributed by atoms with E-state index >= 15 is 0 Å². The highest BCUT2D eigenvalue weighted by molar-refractivity contribution is 5.83. The van der Waals surface area contributed by atoms with E-state index in [1.165, 1.54) is 25.7 Å². The zero-order chi connectivity index (χ0) is 22.7. The fourth-order valence-corrected chi connectivity index (χ4v) is 9.20. The van der Waals surface area contributed by atoms with Crippen LogP contribution in [0.1, 0.15) is 99.3 Å². The lowest BCUT2D eigenvalue weighted by atomic mass is 9.44. The molecule has 11 atom stereocenters. The molecule has 0 saturated heterocycles. The molecular formula is C28H48O3. The van der Waals surface area contributed by atoms with Gasteiger partial charge >= 0.3 is 0 Å². The summed E-state index contributed by atoms with van der Waals surface area (Å²) < 4.78 is 0. The highest BCUT2D eigenvalue weighted by Gasteiger charge is 2.62. The molecule has 3 nitrogen and oxygen atoms in total. The van der Waals surface area contributed by atoms with E-state index in [1.54, 1.807) is 0 Å². The van der Waals surface area contributed by atoms with E-state index in [1.807, 2.05) is 0 Å². The van der Waals surface area contributed by atoms with Crippen molar-refractivity contribution in [1.29, 1.82) is 0 Å². The van der Waals surface area contributed by atoms with Crippen LogP contribution in [0.15, 0.2) is 0 Å². The van der Waals surface area contributed by atoms with Crippen molar-refractivity contribution in [3.8, 4) is 0 Å². The fourth-order valence-electron chi connectivity index (χ4n) is 9.20. The van der Waals surface area contributed by atoms with Gasteiger partial charge in [-0.15, -0.1) is 0 Å². The molecule has 0 amide bonds. The molecule has 4 fully saturated rings. The van der Waals surface area contributed by atoms with Crippen molar-refractivity contribution in [3.05, 3.63) is 0 Å². The van der Waals surface area contributed by atoms with E-state index < -0.39 is 0 Å². The van der Waals surface area contributed by atoms with Crippen molar-refractivity contribution < 1.29 is 15.0 Å². The predicted octanol–water partition coefficient (Wildman–Crippen LogP) is 5.86. The van der Waals surface area contributed by atoms with E-state index in [2.05, 4.69) is 41.5 Å². The predicted molar refractivity (Wildman–Crippen MR) is 125 cm³/mol. The Kier molecular flexibility index (Phi) is 6.45. The first kappa shape index (κ1) is 23.7. The number of Topliss-reactive ketones (excluding diaryl/α,β-unsaturated/α-hetero) is 1. The van der Waals surface area contributed by atoms with Gasteiger partial charge in [0.05, 0.1) is 12.2 Å². The van der Waals surface area contributed by atoms with E-state index in [-0.39, 0.29) is 23.5 Å². The van der Waals surface area contributed by atoms with Crippen LogP contribution in [-0.4, -0.2) is 28.2 Å². The molecule has 0 unspecified atom stereocenters. The molecule has 2 N–H and O–H groups in total. The smallest absolute Gasteiger partial charge is 0.136 e. The normalized spacial score (nSPS) is 48.0. The van der Waals surface area contributed by atoms with Gasteiger partial charge in [0, 0.05) is 12.3 Å². The molecule has 178 valence electrons. The Morgan fingerprint density at radius 2 is 1.61 bits per heavy atom. The van der Waals surface area contributed by atoms with E-state index in [9.17, 15) is 15.0 Å². The van der Waals surface area contributed by atoms with E-state index in [4.69, 9.17) is 0 Å². The van der Waals surface area contributed by atoms with Crippen LogP contribution in [0.5, 0.6) is 0 Å². The summed E-state index contributed by atoms with van der Waals surface area (Å²) in [6.45, 7) is 13.9. The highest BCUT2D eigenvalue weighted by atomic mass is 16.3. The Bertz CT molecular complexity index is 673. The molecule has 0 bridgehead atoms. The van der Waals surface area contributed by atoms with Crippen LogP contribution in [-0.2, 0) is 4.79 Å². The second-order valence-corrected chi connectivity index (χ2v) is 13.1. The van der Waals surface area contributed by atoms with Gasteiger partial charge in [-0.3, -0.25) is 4.79 Å². The Balaban J connectivity index is 1.51. The molecule has 4 aliphatic rings. The number of aliphatic hydroxyl groups excluding tert-OH is 2. The van der Waals surface area contributed by atoms with E-state index in [0.717, 1.165) is 25.7 Å². The van der Waals surface area contributed by atoms with Crippen molar-refractivity contribution in [2.75, 3.05) is 0 Å². The average Bonchev–Trinajstić information content (AvgIpc) is 3.06. The number of rotatable bonds is 5. The molecule has 0 aromatic rings. The van der Waals surface area contributed by atoms with Gasteiger partial charge in [0.1, 0.15) is 5.78 Å². The van der Waals surface area contributed by atoms with Gasteiger partial charge in [0.15, 0.2) is 0 Å². The van der Waals surface area contributed by atoms with Crippen molar-refractivity contribution in [2.45, 2.75) is 112 Å². The number of carbonyl (C=O) groups excluding carboxylic acids is 1. The number of aliphatic hydroxyl groups is 2. The Morgan fingerprint density at radius 1 is 0.968 bits per heavy atom. The molecule has 0 aliphatic heterocycles. The fraction of sp³-hybridized carbons (Fsp3) is 0.964.